The van der Waals surface area contributed by atoms with Gasteiger partial charge in [0.15, 0.2) is 6.29 Å². The van der Waals surface area contributed by atoms with Crippen molar-refractivity contribution < 1.29 is 14.6 Å². The molecule has 4 heteroatoms. The van der Waals surface area contributed by atoms with Crippen LogP contribution in [0.4, 0.5) is 0 Å². The summed E-state index contributed by atoms with van der Waals surface area (Å²) in [4.78, 5) is 0. The highest BCUT2D eigenvalue weighted by atomic mass is 32.1. The summed E-state index contributed by atoms with van der Waals surface area (Å²) >= 11 is 3.94. The van der Waals surface area contributed by atoms with E-state index in [0.29, 0.717) is 19.0 Å². The number of thiol groups is 1. The maximum atomic E-state index is 8.61. The molecule has 0 radical (unpaired) electrons. The Morgan fingerprint density at radius 3 is 2.60 bits per heavy atom. The molecule has 0 saturated carbocycles. The lowest BCUT2D eigenvalue weighted by molar-refractivity contribution is -0.156. The number of ether oxygens (including phenoxy) is 2. The van der Waals surface area contributed by atoms with Gasteiger partial charge in [0.25, 0.3) is 0 Å². The smallest absolute Gasteiger partial charge is 0.180 e. The van der Waals surface area contributed by atoms with Gasteiger partial charge in [-0.15, -0.1) is 0 Å². The molecule has 10 heavy (non-hydrogen) atoms. The zero-order chi connectivity index (χ0) is 7.82. The number of aliphatic hydroxyl groups is 1. The maximum Gasteiger partial charge on any atom is 0.180 e. The minimum atomic E-state index is -0.475. The Bertz CT molecular complexity index is 70.0. The van der Waals surface area contributed by atoms with Gasteiger partial charge in [-0.25, -0.2) is 0 Å². The highest BCUT2D eigenvalue weighted by Crippen LogP contribution is 1.93. The molecule has 0 aromatic rings. The van der Waals surface area contributed by atoms with Crippen LogP contribution in [0, 0.1) is 0 Å². The second-order valence-electron chi connectivity index (χ2n) is 1.66. The van der Waals surface area contributed by atoms with Gasteiger partial charge in [-0.3, -0.25) is 0 Å². The molecule has 0 aliphatic heterocycles. The summed E-state index contributed by atoms with van der Waals surface area (Å²) in [6.07, 6.45) is -0.475. The number of rotatable bonds is 6. The van der Waals surface area contributed by atoms with Crippen LogP contribution in [0.15, 0.2) is 0 Å². The summed E-state index contributed by atoms with van der Waals surface area (Å²) in [7, 11) is 0. The van der Waals surface area contributed by atoms with Crippen molar-refractivity contribution in [2.75, 3.05) is 25.6 Å². The topological polar surface area (TPSA) is 38.7 Å². The summed E-state index contributed by atoms with van der Waals surface area (Å²) in [5.74, 6) is 0.642. The van der Waals surface area contributed by atoms with E-state index in [1.807, 2.05) is 6.92 Å². The van der Waals surface area contributed by atoms with Gasteiger partial charge in [-0.2, -0.15) is 12.6 Å². The largest absolute Gasteiger partial charge is 0.391 e. The minimum Gasteiger partial charge on any atom is -0.391 e. The van der Waals surface area contributed by atoms with E-state index in [-0.39, 0.29) is 6.61 Å². The highest BCUT2D eigenvalue weighted by Gasteiger charge is 2.04. The molecule has 0 aromatic carbocycles. The molecule has 0 fully saturated rings. The van der Waals surface area contributed by atoms with Gasteiger partial charge in [0.05, 0.1) is 13.2 Å². The van der Waals surface area contributed by atoms with E-state index >= 15 is 0 Å². The van der Waals surface area contributed by atoms with Crippen molar-refractivity contribution in [3.8, 4) is 0 Å². The standard InChI is InChI=1S/C6H14O3S/c1-2-8-6(5-7)9-3-4-10/h6-7,10H,2-5H2,1H3. The van der Waals surface area contributed by atoms with E-state index in [2.05, 4.69) is 12.6 Å². The van der Waals surface area contributed by atoms with Crippen LogP contribution in [0.3, 0.4) is 0 Å². The molecule has 0 rings (SSSR count). The SMILES string of the molecule is CCOC(CO)OCCS. The van der Waals surface area contributed by atoms with Crippen LogP contribution < -0.4 is 0 Å². The molecule has 1 unspecified atom stereocenters. The van der Waals surface area contributed by atoms with Crippen LogP contribution in [-0.2, 0) is 9.47 Å². The van der Waals surface area contributed by atoms with Crippen molar-refractivity contribution in [1.82, 2.24) is 0 Å². The lowest BCUT2D eigenvalue weighted by atomic mass is 10.6. The normalized spacial score (nSPS) is 13.5. The van der Waals surface area contributed by atoms with Crippen LogP contribution in [-0.4, -0.2) is 37.0 Å². The fourth-order valence-electron chi connectivity index (χ4n) is 0.524. The third-order valence-corrected chi connectivity index (χ3v) is 1.08. The molecule has 0 bridgehead atoms. The Morgan fingerprint density at radius 2 is 2.20 bits per heavy atom. The number of hydrogen-bond acceptors (Lipinski definition) is 4. The van der Waals surface area contributed by atoms with Crippen molar-refractivity contribution in [2.45, 2.75) is 13.2 Å². The van der Waals surface area contributed by atoms with Crippen molar-refractivity contribution in [2.24, 2.45) is 0 Å². The third-order valence-electron chi connectivity index (χ3n) is 0.897. The first-order valence-corrected chi connectivity index (χ1v) is 3.93. The Morgan fingerprint density at radius 1 is 1.50 bits per heavy atom. The average Bonchev–Trinajstić information content (AvgIpc) is 1.98. The summed E-state index contributed by atoms with van der Waals surface area (Å²) in [6.45, 7) is 2.82. The molecule has 0 amide bonds. The van der Waals surface area contributed by atoms with E-state index < -0.39 is 6.29 Å². The second kappa shape index (κ2) is 7.34. The van der Waals surface area contributed by atoms with E-state index in [4.69, 9.17) is 14.6 Å². The Labute approximate surface area is 66.7 Å². The second-order valence-corrected chi connectivity index (χ2v) is 2.11. The predicted octanol–water partition coefficient (Wildman–Crippen LogP) is 0.288. The summed E-state index contributed by atoms with van der Waals surface area (Å²) in [5.41, 5.74) is 0. The molecule has 1 N–H and O–H groups in total. The van der Waals surface area contributed by atoms with E-state index in [1.54, 1.807) is 0 Å². The molecular formula is C6H14O3S. The van der Waals surface area contributed by atoms with Gasteiger partial charge in [0.2, 0.25) is 0 Å². The first-order valence-electron chi connectivity index (χ1n) is 3.30. The number of aliphatic hydroxyl groups excluding tert-OH is 1. The fraction of sp³-hybridized carbons (Fsp3) is 1.00. The lowest BCUT2D eigenvalue weighted by Gasteiger charge is -2.13. The average molecular weight is 166 g/mol. The quantitative estimate of drug-likeness (QED) is 0.440. The van der Waals surface area contributed by atoms with Gasteiger partial charge in [-0.1, -0.05) is 0 Å². The molecule has 0 heterocycles. The van der Waals surface area contributed by atoms with Crippen molar-refractivity contribution in [1.29, 1.82) is 0 Å². The molecule has 0 saturated heterocycles. The molecule has 0 aromatic heterocycles. The summed E-state index contributed by atoms with van der Waals surface area (Å²) in [5, 5.41) is 8.61. The Kier molecular flexibility index (Phi) is 7.51. The van der Waals surface area contributed by atoms with Gasteiger partial charge in [-0.05, 0) is 6.92 Å². The lowest BCUT2D eigenvalue weighted by Crippen LogP contribution is -2.22. The maximum absolute atomic E-state index is 8.61. The molecule has 0 aliphatic rings. The first-order chi connectivity index (χ1) is 4.85. The van der Waals surface area contributed by atoms with Crippen LogP contribution in [0.2, 0.25) is 0 Å². The van der Waals surface area contributed by atoms with Crippen molar-refractivity contribution in [3.63, 3.8) is 0 Å². The monoisotopic (exact) mass is 166 g/mol. The molecule has 3 nitrogen and oxygen atoms in total. The first kappa shape index (κ1) is 10.2. The van der Waals surface area contributed by atoms with E-state index in [0.717, 1.165) is 0 Å². The zero-order valence-electron chi connectivity index (χ0n) is 6.12. The van der Waals surface area contributed by atoms with Crippen molar-refractivity contribution in [3.05, 3.63) is 0 Å². The Balaban J connectivity index is 3.21. The predicted molar refractivity (Wildman–Crippen MR) is 42.3 cm³/mol. The minimum absolute atomic E-state index is 0.0956. The molecule has 0 spiro atoms. The molecular weight excluding hydrogens is 152 g/mol. The summed E-state index contributed by atoms with van der Waals surface area (Å²) < 4.78 is 10.0. The third kappa shape index (κ3) is 5.05. The zero-order valence-corrected chi connectivity index (χ0v) is 7.01. The Hall–Kier alpha value is 0.230. The number of hydrogen-bond donors (Lipinski definition) is 2. The van der Waals surface area contributed by atoms with Gasteiger partial charge in [0.1, 0.15) is 0 Å². The van der Waals surface area contributed by atoms with Crippen LogP contribution >= 0.6 is 12.6 Å². The van der Waals surface area contributed by atoms with Gasteiger partial charge in [0, 0.05) is 12.4 Å². The highest BCUT2D eigenvalue weighted by molar-refractivity contribution is 7.80. The van der Waals surface area contributed by atoms with Gasteiger partial charge < -0.3 is 14.6 Å². The molecule has 62 valence electrons. The van der Waals surface area contributed by atoms with Gasteiger partial charge >= 0.3 is 0 Å². The fourth-order valence-corrected chi connectivity index (χ4v) is 0.629. The van der Waals surface area contributed by atoms with Crippen LogP contribution in [0.5, 0.6) is 0 Å². The van der Waals surface area contributed by atoms with E-state index in [9.17, 15) is 0 Å². The van der Waals surface area contributed by atoms with Crippen molar-refractivity contribution >= 4 is 12.6 Å². The van der Waals surface area contributed by atoms with E-state index in [1.165, 1.54) is 0 Å². The van der Waals surface area contributed by atoms with Crippen LogP contribution in [0.1, 0.15) is 6.92 Å². The summed E-state index contributed by atoms with van der Waals surface area (Å²) in [6, 6.07) is 0. The van der Waals surface area contributed by atoms with Crippen LogP contribution in [0.25, 0.3) is 0 Å². The molecule has 0 aliphatic carbocycles. The molecule has 1 atom stereocenters.